The van der Waals surface area contributed by atoms with Gasteiger partial charge in [0.25, 0.3) is 5.91 Å². The maximum absolute atomic E-state index is 13.8. The molecule has 11 nitrogen and oxygen atoms in total. The highest BCUT2D eigenvalue weighted by Crippen LogP contribution is 2.35. The molecule has 3 aromatic heterocycles. The molecule has 4 N–H and O–H groups in total. The largest absolute Gasteiger partial charge is 0.453 e. The first-order valence-corrected chi connectivity index (χ1v) is 17.1. The number of aromatic nitrogens is 5. The lowest BCUT2D eigenvalue weighted by molar-refractivity contribution is -0.134. The van der Waals surface area contributed by atoms with Crippen LogP contribution >= 0.6 is 0 Å². The van der Waals surface area contributed by atoms with Gasteiger partial charge in [-0.2, -0.15) is 0 Å². The number of imidazole rings is 2. The quantitative estimate of drug-likeness (QED) is 0.139. The fourth-order valence-corrected chi connectivity index (χ4v) is 7.10. The Bertz CT molecular complexity index is 2140. The molecule has 0 saturated carbocycles. The van der Waals surface area contributed by atoms with Crippen LogP contribution in [0, 0.1) is 0 Å². The highest BCUT2D eigenvalue weighted by atomic mass is 16.5. The van der Waals surface area contributed by atoms with E-state index in [-0.39, 0.29) is 11.9 Å². The topological polar surface area (TPSA) is 141 Å². The van der Waals surface area contributed by atoms with Crippen molar-refractivity contribution in [1.29, 1.82) is 0 Å². The van der Waals surface area contributed by atoms with Crippen molar-refractivity contribution in [3.8, 4) is 33.8 Å². The lowest BCUT2D eigenvalue weighted by Crippen LogP contribution is -2.42. The summed E-state index contributed by atoms with van der Waals surface area (Å²) in [7, 11) is 1.29. The summed E-state index contributed by atoms with van der Waals surface area (Å²) in [4.78, 5) is 49.1. The van der Waals surface area contributed by atoms with E-state index in [4.69, 9.17) is 14.7 Å². The van der Waals surface area contributed by atoms with Crippen LogP contribution in [-0.2, 0) is 9.53 Å². The summed E-state index contributed by atoms with van der Waals surface area (Å²) in [5.41, 5.74) is 7.48. The maximum Gasteiger partial charge on any atom is 0.407 e. The molecular weight excluding hydrogens is 628 g/mol. The third kappa shape index (κ3) is 6.23. The van der Waals surface area contributed by atoms with Crippen molar-refractivity contribution in [2.24, 2.45) is 0 Å². The smallest absolute Gasteiger partial charge is 0.407 e. The van der Waals surface area contributed by atoms with Gasteiger partial charge in [0.1, 0.15) is 17.7 Å². The lowest BCUT2D eigenvalue weighted by Gasteiger charge is -2.28. The number of nitrogens with zero attached hydrogens (tertiary/aromatic N) is 4. The first-order valence-electron chi connectivity index (χ1n) is 17.1. The molecular formula is C39H38N8O3. The Morgan fingerprint density at radius 2 is 1.58 bits per heavy atom. The monoisotopic (exact) mass is 666 g/mol. The van der Waals surface area contributed by atoms with Crippen LogP contribution in [-0.4, -0.2) is 62.0 Å². The molecule has 6 aromatic rings. The predicted molar refractivity (Wildman–Crippen MR) is 191 cm³/mol. The van der Waals surface area contributed by atoms with Crippen LogP contribution in [0.15, 0.2) is 97.3 Å². The summed E-state index contributed by atoms with van der Waals surface area (Å²) in [6.45, 7) is 1.61. The second-order valence-corrected chi connectivity index (χ2v) is 12.9. The van der Waals surface area contributed by atoms with Crippen molar-refractivity contribution in [3.05, 3.63) is 115 Å². The molecule has 252 valence electrons. The zero-order valence-electron chi connectivity index (χ0n) is 27.7. The number of benzene rings is 3. The van der Waals surface area contributed by atoms with Crippen LogP contribution in [0.1, 0.15) is 61.0 Å². The first-order chi connectivity index (χ1) is 24.5. The lowest BCUT2D eigenvalue weighted by atomic mass is 10.0. The second kappa shape index (κ2) is 13.6. The van der Waals surface area contributed by atoms with Crippen LogP contribution in [0.5, 0.6) is 0 Å². The zero-order valence-corrected chi connectivity index (χ0v) is 27.7. The Kier molecular flexibility index (Phi) is 8.56. The van der Waals surface area contributed by atoms with E-state index in [0.29, 0.717) is 18.2 Å². The number of carbonyl (C=O) groups is 2. The minimum Gasteiger partial charge on any atom is -0.453 e. The minimum absolute atomic E-state index is 0.196. The number of alkyl carbamates (subject to hydrolysis) is 1. The molecule has 3 atom stereocenters. The van der Waals surface area contributed by atoms with Gasteiger partial charge < -0.3 is 30.2 Å². The number of likely N-dealkylation sites (tertiary alicyclic amines) is 1. The third-order valence-corrected chi connectivity index (χ3v) is 9.75. The Morgan fingerprint density at radius 3 is 2.36 bits per heavy atom. The van der Waals surface area contributed by atoms with E-state index in [9.17, 15) is 9.59 Å². The van der Waals surface area contributed by atoms with Crippen LogP contribution in [0.25, 0.3) is 44.7 Å². The van der Waals surface area contributed by atoms with Crippen molar-refractivity contribution in [2.45, 2.75) is 43.8 Å². The van der Waals surface area contributed by atoms with Crippen molar-refractivity contribution >= 4 is 22.9 Å². The number of rotatable bonds is 8. The highest BCUT2D eigenvalue weighted by Gasteiger charge is 2.37. The van der Waals surface area contributed by atoms with E-state index >= 15 is 0 Å². The number of hydrogen-bond acceptors (Lipinski definition) is 7. The van der Waals surface area contributed by atoms with Crippen LogP contribution in [0.2, 0.25) is 0 Å². The summed E-state index contributed by atoms with van der Waals surface area (Å²) in [5, 5.41) is 7.28. The van der Waals surface area contributed by atoms with E-state index < -0.39 is 12.1 Å². The average Bonchev–Trinajstić information content (AvgIpc) is 4.01. The molecule has 3 aromatic carbocycles. The second-order valence-electron chi connectivity index (χ2n) is 12.9. The number of hydrogen-bond donors (Lipinski definition) is 4. The molecule has 50 heavy (non-hydrogen) atoms. The van der Waals surface area contributed by atoms with Crippen molar-refractivity contribution < 1.29 is 14.3 Å². The van der Waals surface area contributed by atoms with E-state index in [2.05, 4.69) is 80.2 Å². The standard InChI is InChI=1S/C39H38N8O3/c1-50-39(49)46-35(26-7-3-2-4-8-26)38(48)47-20-6-10-34(47)37-42-22-32(45-37)25-13-11-24(12-14-25)29-17-15-27-21-28(16-18-30(27)43-29)33-23-41-36(44-33)31-9-5-19-40-31/h2-4,7-8,11-18,21-23,31,34-35,40H,5-6,9-10,19-20H2,1H3,(H,41,44)(H,42,45)(H,46,49)/t31-,34-,35+/m0/s1. The summed E-state index contributed by atoms with van der Waals surface area (Å²) < 4.78 is 4.82. The summed E-state index contributed by atoms with van der Waals surface area (Å²) in [5.74, 6) is 1.52. The van der Waals surface area contributed by atoms with Gasteiger partial charge in [-0.1, -0.05) is 66.7 Å². The zero-order chi connectivity index (χ0) is 34.0. The SMILES string of the molecule is COC(=O)N[C@@H](C(=O)N1CCC[C@H]1c1ncc(-c2ccc(-c3ccc4cc(-c5cnc([C@@H]6CCCN6)[nH]5)ccc4n3)cc2)[nH]1)c1ccccc1. The molecule has 2 saturated heterocycles. The van der Waals surface area contributed by atoms with Gasteiger partial charge in [0.05, 0.1) is 54.2 Å². The van der Waals surface area contributed by atoms with Gasteiger partial charge in [-0.3, -0.25) is 4.79 Å². The molecule has 0 spiro atoms. The van der Waals surface area contributed by atoms with E-state index in [1.807, 2.05) is 42.7 Å². The molecule has 0 aliphatic carbocycles. The van der Waals surface area contributed by atoms with Gasteiger partial charge in [0.15, 0.2) is 0 Å². The van der Waals surface area contributed by atoms with E-state index in [0.717, 1.165) is 82.1 Å². The van der Waals surface area contributed by atoms with Crippen LogP contribution < -0.4 is 10.6 Å². The molecule has 2 fully saturated rings. The highest BCUT2D eigenvalue weighted by molar-refractivity contribution is 5.88. The number of pyridine rings is 1. The number of H-pyrrole nitrogens is 2. The minimum atomic E-state index is -0.861. The molecule has 0 unspecified atom stereocenters. The Hall–Kier alpha value is -5.81. The molecule has 2 aliphatic rings. The predicted octanol–water partition coefficient (Wildman–Crippen LogP) is 6.87. The normalized spacial score (nSPS) is 18.0. The van der Waals surface area contributed by atoms with Gasteiger partial charge in [-0.05, 0) is 61.6 Å². The fraction of sp³-hybridized carbons (Fsp3) is 0.256. The summed E-state index contributed by atoms with van der Waals surface area (Å²) >= 11 is 0. The number of nitrogens with one attached hydrogen (secondary N) is 4. The molecule has 0 bridgehead atoms. The average molecular weight is 667 g/mol. The van der Waals surface area contributed by atoms with Crippen molar-refractivity contribution in [1.82, 2.24) is 40.5 Å². The molecule has 11 heteroatoms. The Balaban J connectivity index is 0.973. The molecule has 8 rings (SSSR count). The number of ether oxygens (including phenoxy) is 1. The van der Waals surface area contributed by atoms with Gasteiger partial charge in [0.2, 0.25) is 0 Å². The van der Waals surface area contributed by atoms with Crippen LogP contribution in [0.4, 0.5) is 4.79 Å². The van der Waals surface area contributed by atoms with Gasteiger partial charge in [-0.25, -0.2) is 19.7 Å². The molecule has 2 aliphatic heterocycles. The van der Waals surface area contributed by atoms with E-state index in [1.165, 1.54) is 13.5 Å². The number of carbonyl (C=O) groups excluding carboxylic acids is 2. The fourth-order valence-electron chi connectivity index (χ4n) is 7.10. The first kappa shape index (κ1) is 31.5. The maximum atomic E-state index is 13.8. The molecule has 2 amide bonds. The summed E-state index contributed by atoms with van der Waals surface area (Å²) in [6.07, 6.45) is 6.96. The van der Waals surface area contributed by atoms with Gasteiger partial charge >= 0.3 is 6.09 Å². The van der Waals surface area contributed by atoms with E-state index in [1.54, 1.807) is 4.90 Å². The number of fused-ring (bicyclic) bond motifs is 1. The number of methoxy groups -OCH3 is 1. The van der Waals surface area contributed by atoms with Crippen molar-refractivity contribution in [3.63, 3.8) is 0 Å². The van der Waals surface area contributed by atoms with Crippen LogP contribution in [0.3, 0.4) is 0 Å². The Morgan fingerprint density at radius 1 is 0.840 bits per heavy atom. The Labute approximate surface area is 289 Å². The van der Waals surface area contributed by atoms with Gasteiger partial charge in [0, 0.05) is 23.1 Å². The van der Waals surface area contributed by atoms with Gasteiger partial charge in [-0.15, -0.1) is 0 Å². The third-order valence-electron chi connectivity index (χ3n) is 9.75. The number of aromatic amines is 2. The number of amides is 2. The van der Waals surface area contributed by atoms with Crippen molar-refractivity contribution in [2.75, 3.05) is 20.2 Å². The molecule has 0 radical (unpaired) electrons. The molecule has 5 heterocycles. The summed E-state index contributed by atoms with van der Waals surface area (Å²) in [6, 6.07) is 27.2.